The summed E-state index contributed by atoms with van der Waals surface area (Å²) in [6.07, 6.45) is 1.18. The summed E-state index contributed by atoms with van der Waals surface area (Å²) in [6.45, 7) is 6.63. The molecule has 19 heavy (non-hydrogen) atoms. The van der Waals surface area contributed by atoms with Crippen molar-refractivity contribution in [1.82, 2.24) is 0 Å². The molecule has 0 spiro atoms. The largest absolute Gasteiger partial charge is 0.371 e. The molecule has 0 N–H and O–H groups in total. The maximum atomic E-state index is 10.8. The van der Waals surface area contributed by atoms with Crippen LogP contribution in [0.1, 0.15) is 25.8 Å². The second kappa shape index (κ2) is 5.90. The maximum Gasteiger partial charge on any atom is 0.269 e. The first kappa shape index (κ1) is 14.3. The first-order valence-electron chi connectivity index (χ1n) is 6.61. The third-order valence-corrected chi connectivity index (χ3v) is 4.70. The van der Waals surface area contributed by atoms with Gasteiger partial charge in [0.05, 0.1) is 4.92 Å². The van der Waals surface area contributed by atoms with Gasteiger partial charge in [0, 0.05) is 36.2 Å². The maximum absolute atomic E-state index is 10.8. The quantitative estimate of drug-likeness (QED) is 0.479. The van der Waals surface area contributed by atoms with Gasteiger partial charge in [-0.2, -0.15) is 0 Å². The Balaban J connectivity index is 2.27. The van der Waals surface area contributed by atoms with Crippen LogP contribution in [0.4, 0.5) is 11.4 Å². The van der Waals surface area contributed by atoms with Crippen molar-refractivity contribution in [2.24, 2.45) is 11.8 Å². The van der Waals surface area contributed by atoms with E-state index < -0.39 is 0 Å². The zero-order valence-electron chi connectivity index (χ0n) is 11.3. The van der Waals surface area contributed by atoms with Crippen LogP contribution in [0.5, 0.6) is 0 Å². The molecule has 2 rings (SSSR count). The molecule has 0 amide bonds. The predicted molar refractivity (Wildman–Crippen MR) is 80.9 cm³/mol. The van der Waals surface area contributed by atoms with Crippen LogP contribution in [0, 0.1) is 22.0 Å². The van der Waals surface area contributed by atoms with E-state index in [0.717, 1.165) is 30.3 Å². The van der Waals surface area contributed by atoms with Crippen molar-refractivity contribution in [1.29, 1.82) is 0 Å². The highest BCUT2D eigenvalue weighted by Crippen LogP contribution is 2.32. The first-order chi connectivity index (χ1) is 9.02. The number of piperidine rings is 1. The molecule has 4 nitrogen and oxygen atoms in total. The number of non-ortho nitro benzene ring substituents is 1. The van der Waals surface area contributed by atoms with Crippen molar-refractivity contribution < 1.29 is 4.92 Å². The molecule has 1 aliphatic rings. The highest BCUT2D eigenvalue weighted by atomic mass is 79.9. The summed E-state index contributed by atoms with van der Waals surface area (Å²) in [5.74, 6) is 1.41. The number of nitro groups is 1. The summed E-state index contributed by atoms with van der Waals surface area (Å²) in [6, 6.07) is 5.16. The van der Waals surface area contributed by atoms with Crippen LogP contribution in [0.25, 0.3) is 0 Å². The monoisotopic (exact) mass is 326 g/mol. The van der Waals surface area contributed by atoms with E-state index in [-0.39, 0.29) is 10.6 Å². The highest BCUT2D eigenvalue weighted by molar-refractivity contribution is 9.08. The van der Waals surface area contributed by atoms with Gasteiger partial charge in [-0.3, -0.25) is 10.1 Å². The number of hydrogen-bond donors (Lipinski definition) is 0. The molecule has 2 unspecified atom stereocenters. The zero-order chi connectivity index (χ0) is 14.0. The van der Waals surface area contributed by atoms with Crippen molar-refractivity contribution in [3.63, 3.8) is 0 Å². The molecule has 0 aromatic heterocycles. The molecule has 0 bridgehead atoms. The molecular formula is C14H19BrN2O2. The Morgan fingerprint density at radius 2 is 2.16 bits per heavy atom. The summed E-state index contributed by atoms with van der Waals surface area (Å²) in [5, 5.41) is 11.5. The van der Waals surface area contributed by atoms with Gasteiger partial charge < -0.3 is 4.90 Å². The van der Waals surface area contributed by atoms with Gasteiger partial charge in [0.1, 0.15) is 0 Å². The van der Waals surface area contributed by atoms with Crippen LogP contribution in [0.15, 0.2) is 18.2 Å². The summed E-state index contributed by atoms with van der Waals surface area (Å²) >= 11 is 3.44. The number of nitrogens with zero attached hydrogens (tertiary/aromatic N) is 2. The summed E-state index contributed by atoms with van der Waals surface area (Å²) in [4.78, 5) is 12.8. The van der Waals surface area contributed by atoms with Gasteiger partial charge in [0.15, 0.2) is 0 Å². The van der Waals surface area contributed by atoms with Crippen molar-refractivity contribution in [2.75, 3.05) is 18.0 Å². The fourth-order valence-corrected chi connectivity index (χ4v) is 3.03. The van der Waals surface area contributed by atoms with E-state index in [1.165, 1.54) is 6.42 Å². The molecule has 1 saturated heterocycles. The predicted octanol–water partition coefficient (Wildman–Crippen LogP) is 3.97. The minimum atomic E-state index is -0.336. The molecular weight excluding hydrogens is 308 g/mol. The van der Waals surface area contributed by atoms with Crippen LogP contribution in [0.3, 0.4) is 0 Å². The molecule has 1 aromatic carbocycles. The van der Waals surface area contributed by atoms with Gasteiger partial charge in [-0.05, 0) is 29.9 Å². The Morgan fingerprint density at radius 3 is 2.74 bits per heavy atom. The third-order valence-electron chi connectivity index (χ3n) is 4.09. The number of rotatable bonds is 3. The number of anilines is 1. The van der Waals surface area contributed by atoms with E-state index in [1.807, 2.05) is 6.07 Å². The lowest BCUT2D eigenvalue weighted by atomic mass is 9.88. The average molecular weight is 327 g/mol. The van der Waals surface area contributed by atoms with Gasteiger partial charge in [-0.1, -0.05) is 29.8 Å². The van der Waals surface area contributed by atoms with E-state index in [2.05, 4.69) is 34.7 Å². The zero-order valence-corrected chi connectivity index (χ0v) is 12.9. The van der Waals surface area contributed by atoms with E-state index in [1.54, 1.807) is 12.1 Å². The number of benzene rings is 1. The van der Waals surface area contributed by atoms with Crippen molar-refractivity contribution >= 4 is 27.3 Å². The van der Waals surface area contributed by atoms with Crippen LogP contribution in [-0.2, 0) is 5.33 Å². The summed E-state index contributed by atoms with van der Waals surface area (Å²) < 4.78 is 0. The van der Waals surface area contributed by atoms with Crippen LogP contribution in [-0.4, -0.2) is 18.0 Å². The lowest BCUT2D eigenvalue weighted by Gasteiger charge is -2.37. The number of nitro benzene ring substituents is 1. The van der Waals surface area contributed by atoms with Crippen molar-refractivity contribution in [2.45, 2.75) is 25.6 Å². The fraction of sp³-hybridized carbons (Fsp3) is 0.571. The minimum Gasteiger partial charge on any atom is -0.371 e. The average Bonchev–Trinajstić information content (AvgIpc) is 2.41. The van der Waals surface area contributed by atoms with Gasteiger partial charge in [-0.15, -0.1) is 0 Å². The molecule has 0 radical (unpaired) electrons. The normalized spacial score (nSPS) is 23.4. The molecule has 0 aliphatic carbocycles. The smallest absolute Gasteiger partial charge is 0.269 e. The summed E-state index contributed by atoms with van der Waals surface area (Å²) in [7, 11) is 0. The molecule has 2 atom stereocenters. The highest BCUT2D eigenvalue weighted by Gasteiger charge is 2.24. The minimum absolute atomic E-state index is 0.164. The Hall–Kier alpha value is -1.10. The topological polar surface area (TPSA) is 46.4 Å². The van der Waals surface area contributed by atoms with Crippen molar-refractivity contribution in [3.05, 3.63) is 33.9 Å². The first-order valence-corrected chi connectivity index (χ1v) is 7.73. The third kappa shape index (κ3) is 3.08. The van der Waals surface area contributed by atoms with Gasteiger partial charge in [0.2, 0.25) is 0 Å². The Kier molecular flexibility index (Phi) is 4.45. The fourth-order valence-electron chi connectivity index (χ4n) is 2.58. The molecule has 1 heterocycles. The summed E-state index contributed by atoms with van der Waals surface area (Å²) in [5.41, 5.74) is 2.29. The van der Waals surface area contributed by atoms with Crippen LogP contribution >= 0.6 is 15.9 Å². The lowest BCUT2D eigenvalue weighted by Crippen LogP contribution is -2.38. The Bertz CT molecular complexity index is 479. The Morgan fingerprint density at radius 1 is 1.42 bits per heavy atom. The number of halogens is 1. The number of hydrogen-bond acceptors (Lipinski definition) is 3. The van der Waals surface area contributed by atoms with Gasteiger partial charge >= 0.3 is 0 Å². The second-order valence-electron chi connectivity index (χ2n) is 5.39. The standard InChI is InChI=1S/C14H19BrN2O2/c1-10-5-6-16(9-11(10)2)14-4-3-13(17(18)19)7-12(14)8-15/h3-4,7,10-11H,5-6,8-9H2,1-2H3. The van der Waals surface area contributed by atoms with Crippen LogP contribution in [0.2, 0.25) is 0 Å². The number of alkyl halides is 1. The van der Waals surface area contributed by atoms with Crippen LogP contribution < -0.4 is 4.90 Å². The SMILES string of the molecule is CC1CCN(c2ccc([N+](=O)[O-])cc2CBr)CC1C. The molecule has 1 aliphatic heterocycles. The van der Waals surface area contributed by atoms with Gasteiger partial charge in [0.25, 0.3) is 5.69 Å². The molecule has 1 aromatic rings. The lowest BCUT2D eigenvalue weighted by molar-refractivity contribution is -0.384. The van der Waals surface area contributed by atoms with E-state index >= 15 is 0 Å². The molecule has 104 valence electrons. The second-order valence-corrected chi connectivity index (χ2v) is 5.95. The van der Waals surface area contributed by atoms with E-state index in [0.29, 0.717) is 11.2 Å². The van der Waals surface area contributed by atoms with E-state index in [9.17, 15) is 10.1 Å². The van der Waals surface area contributed by atoms with Crippen molar-refractivity contribution in [3.8, 4) is 0 Å². The molecule has 0 saturated carbocycles. The Labute approximate surface area is 122 Å². The molecule has 1 fully saturated rings. The van der Waals surface area contributed by atoms with Gasteiger partial charge in [-0.25, -0.2) is 0 Å². The van der Waals surface area contributed by atoms with E-state index in [4.69, 9.17) is 0 Å². The molecule has 5 heteroatoms.